The van der Waals surface area contributed by atoms with E-state index in [0.29, 0.717) is 5.56 Å². The molecule has 7 heteroatoms. The summed E-state index contributed by atoms with van der Waals surface area (Å²) in [5, 5.41) is 6.23. The average Bonchev–Trinajstić information content (AvgIpc) is 3.10. The van der Waals surface area contributed by atoms with Crippen molar-refractivity contribution in [1.29, 1.82) is 0 Å². The van der Waals surface area contributed by atoms with E-state index in [1.807, 2.05) is 35.0 Å². The maximum Gasteiger partial charge on any atom is 0.337 e. The van der Waals surface area contributed by atoms with Crippen LogP contribution in [0.3, 0.4) is 0 Å². The summed E-state index contributed by atoms with van der Waals surface area (Å²) >= 11 is 6.32. The molecule has 6 nitrogen and oxygen atoms in total. The monoisotopic (exact) mass is 384 g/mol. The van der Waals surface area contributed by atoms with Crippen LogP contribution in [0.5, 0.6) is 0 Å². The van der Waals surface area contributed by atoms with E-state index in [1.54, 1.807) is 12.3 Å². The Bertz CT molecular complexity index is 964. The zero-order valence-corrected chi connectivity index (χ0v) is 15.9. The molecule has 140 valence electrons. The number of hydrogen-bond donors (Lipinski definition) is 0. The zero-order chi connectivity index (χ0) is 18.8. The Morgan fingerprint density at radius 2 is 1.93 bits per heavy atom. The van der Waals surface area contributed by atoms with Crippen molar-refractivity contribution in [3.63, 3.8) is 0 Å². The topological polar surface area (TPSA) is 50.6 Å². The van der Waals surface area contributed by atoms with Crippen molar-refractivity contribution < 1.29 is 9.53 Å². The fourth-order valence-electron chi connectivity index (χ4n) is 3.47. The van der Waals surface area contributed by atoms with Gasteiger partial charge in [0.15, 0.2) is 0 Å². The molecule has 1 aliphatic heterocycles. The van der Waals surface area contributed by atoms with Crippen LogP contribution in [-0.4, -0.2) is 53.9 Å². The number of fused-ring (bicyclic) bond motifs is 1. The molecule has 0 spiro atoms. The number of methoxy groups -OCH3 is 1. The molecule has 4 rings (SSSR count). The van der Waals surface area contributed by atoms with Gasteiger partial charge in [0.2, 0.25) is 0 Å². The molecule has 1 saturated heterocycles. The van der Waals surface area contributed by atoms with Crippen molar-refractivity contribution in [2.45, 2.75) is 6.67 Å². The molecule has 1 aromatic heterocycles. The zero-order valence-electron chi connectivity index (χ0n) is 15.1. The highest BCUT2D eigenvalue weighted by molar-refractivity contribution is 6.33. The number of piperazine rings is 1. The van der Waals surface area contributed by atoms with Crippen LogP contribution in [0.2, 0.25) is 5.02 Å². The van der Waals surface area contributed by atoms with E-state index in [4.69, 9.17) is 16.3 Å². The Morgan fingerprint density at radius 1 is 1.15 bits per heavy atom. The first-order valence-corrected chi connectivity index (χ1v) is 9.29. The van der Waals surface area contributed by atoms with E-state index in [9.17, 15) is 4.79 Å². The molecule has 2 heterocycles. The van der Waals surface area contributed by atoms with E-state index in [-0.39, 0.29) is 5.97 Å². The summed E-state index contributed by atoms with van der Waals surface area (Å²) in [6, 6.07) is 13.5. The number of anilines is 1. The highest BCUT2D eigenvalue weighted by atomic mass is 35.5. The van der Waals surface area contributed by atoms with E-state index in [2.05, 4.69) is 21.0 Å². The first-order chi connectivity index (χ1) is 13.2. The minimum Gasteiger partial charge on any atom is -0.465 e. The SMILES string of the molecule is COC(=O)c1ccc2c(cnn2CN2CCN(c3ccccc3Cl)CC2)c1. The van der Waals surface area contributed by atoms with Gasteiger partial charge in [-0.15, -0.1) is 0 Å². The van der Waals surface area contributed by atoms with Crippen LogP contribution in [0.1, 0.15) is 10.4 Å². The van der Waals surface area contributed by atoms with Gasteiger partial charge in [0, 0.05) is 31.6 Å². The molecule has 1 aliphatic rings. The van der Waals surface area contributed by atoms with Gasteiger partial charge in [-0.3, -0.25) is 9.58 Å². The number of rotatable bonds is 4. The van der Waals surface area contributed by atoms with Crippen molar-refractivity contribution in [2.75, 3.05) is 38.2 Å². The van der Waals surface area contributed by atoms with Crippen LogP contribution in [-0.2, 0) is 11.4 Å². The highest BCUT2D eigenvalue weighted by Crippen LogP contribution is 2.26. The van der Waals surface area contributed by atoms with Crippen molar-refractivity contribution in [3.8, 4) is 0 Å². The van der Waals surface area contributed by atoms with E-state index in [1.165, 1.54) is 7.11 Å². The van der Waals surface area contributed by atoms with Gasteiger partial charge in [0.05, 0.1) is 41.8 Å². The Hall–Kier alpha value is -2.57. The summed E-state index contributed by atoms with van der Waals surface area (Å²) in [7, 11) is 1.39. The fourth-order valence-corrected chi connectivity index (χ4v) is 3.73. The second-order valence-corrected chi connectivity index (χ2v) is 7.01. The molecule has 0 unspecified atom stereocenters. The third-order valence-electron chi connectivity index (χ3n) is 4.96. The lowest BCUT2D eigenvalue weighted by Crippen LogP contribution is -2.47. The quantitative estimate of drug-likeness (QED) is 0.646. The molecular weight excluding hydrogens is 364 g/mol. The van der Waals surface area contributed by atoms with Crippen molar-refractivity contribution in [1.82, 2.24) is 14.7 Å². The van der Waals surface area contributed by atoms with Crippen LogP contribution in [0, 0.1) is 0 Å². The number of ether oxygens (including phenoxy) is 1. The second-order valence-electron chi connectivity index (χ2n) is 6.61. The Kier molecular flexibility index (Phi) is 5.01. The number of halogens is 1. The van der Waals surface area contributed by atoms with Crippen LogP contribution in [0.4, 0.5) is 5.69 Å². The molecule has 1 fully saturated rings. The Morgan fingerprint density at radius 3 is 2.67 bits per heavy atom. The summed E-state index contributed by atoms with van der Waals surface area (Å²) in [6.45, 7) is 4.45. The third-order valence-corrected chi connectivity index (χ3v) is 5.28. The van der Waals surface area contributed by atoms with Crippen LogP contribution < -0.4 is 4.90 Å². The minimum atomic E-state index is -0.333. The van der Waals surface area contributed by atoms with Gasteiger partial charge in [0.25, 0.3) is 0 Å². The minimum absolute atomic E-state index is 0.333. The van der Waals surface area contributed by atoms with Crippen LogP contribution in [0.15, 0.2) is 48.7 Å². The van der Waals surface area contributed by atoms with Gasteiger partial charge in [0.1, 0.15) is 0 Å². The molecule has 0 N–H and O–H groups in total. The standard InChI is InChI=1S/C20H21ClN4O2/c1-27-20(26)15-6-7-18-16(12-15)13-22-25(18)14-23-8-10-24(11-9-23)19-5-3-2-4-17(19)21/h2-7,12-13H,8-11,14H2,1H3. The smallest absolute Gasteiger partial charge is 0.337 e. The summed E-state index contributed by atoms with van der Waals surface area (Å²) in [5.74, 6) is -0.333. The summed E-state index contributed by atoms with van der Waals surface area (Å²) in [6.07, 6.45) is 1.79. The Labute approximate surface area is 162 Å². The lowest BCUT2D eigenvalue weighted by atomic mass is 10.1. The summed E-state index contributed by atoms with van der Waals surface area (Å²) in [4.78, 5) is 16.4. The summed E-state index contributed by atoms with van der Waals surface area (Å²) < 4.78 is 6.75. The fraction of sp³-hybridized carbons (Fsp3) is 0.300. The maximum atomic E-state index is 11.7. The molecule has 2 aromatic carbocycles. The van der Waals surface area contributed by atoms with Crippen LogP contribution in [0.25, 0.3) is 10.9 Å². The van der Waals surface area contributed by atoms with E-state index < -0.39 is 0 Å². The number of para-hydroxylation sites is 1. The normalized spacial score (nSPS) is 15.3. The first kappa shape index (κ1) is 17.8. The first-order valence-electron chi connectivity index (χ1n) is 8.91. The number of aromatic nitrogens is 2. The highest BCUT2D eigenvalue weighted by Gasteiger charge is 2.19. The number of carbonyl (C=O) groups excluding carboxylic acids is 1. The lowest BCUT2D eigenvalue weighted by Gasteiger charge is -2.36. The van der Waals surface area contributed by atoms with Gasteiger partial charge >= 0.3 is 5.97 Å². The van der Waals surface area contributed by atoms with Crippen LogP contribution >= 0.6 is 11.6 Å². The van der Waals surface area contributed by atoms with Crippen molar-refractivity contribution in [3.05, 3.63) is 59.2 Å². The van der Waals surface area contributed by atoms with Gasteiger partial charge in [-0.25, -0.2) is 4.79 Å². The van der Waals surface area contributed by atoms with E-state index in [0.717, 1.165) is 54.5 Å². The second kappa shape index (κ2) is 7.58. The molecule has 0 bridgehead atoms. The molecule has 0 atom stereocenters. The third kappa shape index (κ3) is 3.63. The largest absolute Gasteiger partial charge is 0.465 e. The molecule has 0 amide bonds. The predicted octanol–water partition coefficient (Wildman–Crippen LogP) is 3.26. The molecule has 27 heavy (non-hydrogen) atoms. The van der Waals surface area contributed by atoms with Crippen molar-refractivity contribution in [2.24, 2.45) is 0 Å². The molecule has 0 aliphatic carbocycles. The number of carbonyl (C=O) groups is 1. The lowest BCUT2D eigenvalue weighted by molar-refractivity contribution is 0.0601. The number of benzene rings is 2. The molecule has 0 radical (unpaired) electrons. The molecule has 0 saturated carbocycles. The number of hydrogen-bond acceptors (Lipinski definition) is 5. The number of nitrogens with zero attached hydrogens (tertiary/aromatic N) is 4. The molecule has 3 aromatic rings. The van der Waals surface area contributed by atoms with E-state index >= 15 is 0 Å². The van der Waals surface area contributed by atoms with Gasteiger partial charge in [-0.2, -0.15) is 5.10 Å². The average molecular weight is 385 g/mol. The number of esters is 1. The summed E-state index contributed by atoms with van der Waals surface area (Å²) in [5.41, 5.74) is 2.65. The Balaban J connectivity index is 1.43. The van der Waals surface area contributed by atoms with Gasteiger partial charge in [-0.05, 0) is 30.3 Å². The molecular formula is C20H21ClN4O2. The van der Waals surface area contributed by atoms with Gasteiger partial charge in [-0.1, -0.05) is 23.7 Å². The van der Waals surface area contributed by atoms with Crippen molar-refractivity contribution >= 4 is 34.2 Å². The maximum absolute atomic E-state index is 11.7. The van der Waals surface area contributed by atoms with Gasteiger partial charge < -0.3 is 9.64 Å². The predicted molar refractivity (Wildman–Crippen MR) is 106 cm³/mol.